The molecule has 0 spiro atoms. The van der Waals surface area contributed by atoms with Gasteiger partial charge in [0.2, 0.25) is 0 Å². The van der Waals surface area contributed by atoms with Crippen LogP contribution < -0.4 is 4.74 Å². The highest BCUT2D eigenvalue weighted by Gasteiger charge is 2.23. The lowest BCUT2D eigenvalue weighted by atomic mass is 10.2. The fourth-order valence-electron chi connectivity index (χ4n) is 2.64. The molecule has 1 fully saturated rings. The summed E-state index contributed by atoms with van der Waals surface area (Å²) in [5.41, 5.74) is 0.0178. The molecule has 1 heterocycles. The molecule has 1 N–H and O–H groups in total. The molecule has 2 rings (SSSR count). The van der Waals surface area contributed by atoms with Crippen molar-refractivity contribution in [2.24, 2.45) is 0 Å². The van der Waals surface area contributed by atoms with E-state index in [1.165, 1.54) is 24.3 Å². The Labute approximate surface area is 129 Å². The zero-order chi connectivity index (χ0) is 16.1. The lowest BCUT2D eigenvalue weighted by Crippen LogP contribution is -2.48. The van der Waals surface area contributed by atoms with Crippen molar-refractivity contribution in [3.05, 3.63) is 34.4 Å². The van der Waals surface area contributed by atoms with Crippen LogP contribution in [0.5, 0.6) is 5.75 Å². The molecule has 122 valence electrons. The van der Waals surface area contributed by atoms with Crippen molar-refractivity contribution in [2.75, 3.05) is 26.2 Å². The Morgan fingerprint density at radius 1 is 1.36 bits per heavy atom. The third-order valence-electron chi connectivity index (χ3n) is 3.45. The average Bonchev–Trinajstić information content (AvgIpc) is 2.44. The largest absolute Gasteiger partial charge is 0.491 e. The van der Waals surface area contributed by atoms with Gasteiger partial charge in [0.1, 0.15) is 18.5 Å². The first kappa shape index (κ1) is 16.7. The van der Waals surface area contributed by atoms with Gasteiger partial charge in [-0.25, -0.2) is 0 Å². The molecule has 1 saturated heterocycles. The highest BCUT2D eigenvalue weighted by molar-refractivity contribution is 5.35. The number of nitro benzene ring substituents is 1. The normalized spacial score (nSPS) is 24.0. The summed E-state index contributed by atoms with van der Waals surface area (Å²) in [5, 5.41) is 20.6. The van der Waals surface area contributed by atoms with E-state index in [1.54, 1.807) is 0 Å². The number of aliphatic hydroxyl groups excluding tert-OH is 1. The van der Waals surface area contributed by atoms with E-state index >= 15 is 0 Å². The molecule has 1 aromatic carbocycles. The molecule has 7 heteroatoms. The zero-order valence-corrected chi connectivity index (χ0v) is 12.8. The van der Waals surface area contributed by atoms with E-state index in [1.807, 2.05) is 13.8 Å². The van der Waals surface area contributed by atoms with Crippen LogP contribution >= 0.6 is 0 Å². The number of morpholine rings is 1. The number of non-ortho nitro benzene ring substituents is 1. The van der Waals surface area contributed by atoms with Gasteiger partial charge in [-0.2, -0.15) is 0 Å². The molecule has 7 nitrogen and oxygen atoms in total. The van der Waals surface area contributed by atoms with Gasteiger partial charge in [0.15, 0.2) is 0 Å². The number of hydrogen-bond acceptors (Lipinski definition) is 6. The van der Waals surface area contributed by atoms with Crippen LogP contribution in [-0.2, 0) is 4.74 Å². The summed E-state index contributed by atoms with van der Waals surface area (Å²) >= 11 is 0. The maximum absolute atomic E-state index is 10.6. The third kappa shape index (κ3) is 4.94. The molecular formula is C15H22N2O5. The molecule has 1 aromatic rings. The van der Waals surface area contributed by atoms with Crippen LogP contribution in [-0.4, -0.2) is 59.5 Å². The van der Waals surface area contributed by atoms with Crippen molar-refractivity contribution in [1.82, 2.24) is 4.90 Å². The number of rotatable bonds is 6. The van der Waals surface area contributed by atoms with Crippen molar-refractivity contribution in [1.29, 1.82) is 0 Å². The van der Waals surface area contributed by atoms with Crippen LogP contribution in [0.3, 0.4) is 0 Å². The Hall–Kier alpha value is -1.70. The van der Waals surface area contributed by atoms with Gasteiger partial charge in [-0.3, -0.25) is 15.0 Å². The molecule has 0 aliphatic carbocycles. The zero-order valence-electron chi connectivity index (χ0n) is 12.8. The predicted octanol–water partition coefficient (Wildman–Crippen LogP) is 1.44. The van der Waals surface area contributed by atoms with E-state index < -0.39 is 11.0 Å². The summed E-state index contributed by atoms with van der Waals surface area (Å²) in [6.45, 7) is 6.28. The molecular weight excluding hydrogens is 288 g/mol. The Bertz CT molecular complexity index is 483. The molecule has 0 amide bonds. The van der Waals surface area contributed by atoms with Crippen LogP contribution in [0.15, 0.2) is 24.3 Å². The summed E-state index contributed by atoms with van der Waals surface area (Å²) in [6.07, 6.45) is -0.300. The van der Waals surface area contributed by atoms with Gasteiger partial charge in [0.05, 0.1) is 17.1 Å². The Morgan fingerprint density at radius 2 is 1.95 bits per heavy atom. The molecule has 1 aliphatic rings. The number of benzene rings is 1. The Morgan fingerprint density at radius 3 is 2.50 bits per heavy atom. The predicted molar refractivity (Wildman–Crippen MR) is 81.0 cm³/mol. The van der Waals surface area contributed by atoms with Crippen LogP contribution in [0.4, 0.5) is 5.69 Å². The van der Waals surface area contributed by atoms with Gasteiger partial charge in [-0.05, 0) is 26.0 Å². The van der Waals surface area contributed by atoms with Crippen molar-refractivity contribution in [3.63, 3.8) is 0 Å². The third-order valence-corrected chi connectivity index (χ3v) is 3.45. The van der Waals surface area contributed by atoms with Crippen molar-refractivity contribution in [3.8, 4) is 5.75 Å². The van der Waals surface area contributed by atoms with Gasteiger partial charge in [0.25, 0.3) is 5.69 Å². The van der Waals surface area contributed by atoms with Gasteiger partial charge in [0, 0.05) is 31.8 Å². The minimum Gasteiger partial charge on any atom is -0.491 e. The Balaban J connectivity index is 1.77. The lowest BCUT2D eigenvalue weighted by molar-refractivity contribution is -0.384. The topological polar surface area (TPSA) is 85.1 Å². The van der Waals surface area contributed by atoms with E-state index in [2.05, 4.69) is 4.90 Å². The maximum atomic E-state index is 10.6. The van der Waals surface area contributed by atoms with Gasteiger partial charge < -0.3 is 14.6 Å². The molecule has 0 radical (unpaired) electrons. The average molecular weight is 310 g/mol. The molecule has 0 bridgehead atoms. The molecule has 0 saturated carbocycles. The highest BCUT2D eigenvalue weighted by atomic mass is 16.6. The second-order valence-electron chi connectivity index (χ2n) is 5.69. The number of nitro groups is 1. The molecule has 0 aromatic heterocycles. The van der Waals surface area contributed by atoms with E-state index in [0.717, 1.165) is 13.1 Å². The first-order valence-corrected chi connectivity index (χ1v) is 7.37. The lowest BCUT2D eigenvalue weighted by Gasteiger charge is -2.36. The SMILES string of the molecule is C[C@@H]1CN(C[C@@H](O)COc2ccc([N+](=O)[O-])cc2)C[C@@H](C)O1. The molecule has 22 heavy (non-hydrogen) atoms. The van der Waals surface area contributed by atoms with Crippen LogP contribution in [0.2, 0.25) is 0 Å². The fourth-order valence-corrected chi connectivity index (χ4v) is 2.64. The number of ether oxygens (including phenoxy) is 2. The second kappa shape index (κ2) is 7.53. The van der Waals surface area contributed by atoms with Crippen molar-refractivity contribution >= 4 is 5.69 Å². The Kier molecular flexibility index (Phi) is 5.70. The second-order valence-corrected chi connectivity index (χ2v) is 5.69. The summed E-state index contributed by atoms with van der Waals surface area (Å²) < 4.78 is 11.1. The molecule has 0 unspecified atom stereocenters. The van der Waals surface area contributed by atoms with Gasteiger partial charge in [-0.1, -0.05) is 0 Å². The number of nitrogens with zero attached hydrogens (tertiary/aromatic N) is 2. The standard InChI is InChI=1S/C15H22N2O5/c1-11-7-16(8-12(2)22-11)9-14(18)10-21-15-5-3-13(4-6-15)17(19)20/h3-6,11-12,14,18H,7-10H2,1-2H3/t11-,12-,14-/m1/s1. The molecule has 1 aliphatic heterocycles. The first-order chi connectivity index (χ1) is 10.4. The van der Waals surface area contributed by atoms with E-state index in [4.69, 9.17) is 9.47 Å². The monoisotopic (exact) mass is 310 g/mol. The van der Waals surface area contributed by atoms with Gasteiger partial charge >= 0.3 is 0 Å². The van der Waals surface area contributed by atoms with E-state index in [-0.39, 0.29) is 24.5 Å². The number of β-amino-alcohol motifs (C(OH)–C–C–N with tert-alkyl or cyclic N) is 1. The van der Waals surface area contributed by atoms with E-state index in [0.29, 0.717) is 12.3 Å². The number of hydrogen-bond donors (Lipinski definition) is 1. The fraction of sp³-hybridized carbons (Fsp3) is 0.600. The summed E-state index contributed by atoms with van der Waals surface area (Å²) in [6, 6.07) is 5.83. The van der Waals surface area contributed by atoms with Crippen LogP contribution in [0.1, 0.15) is 13.8 Å². The van der Waals surface area contributed by atoms with Crippen LogP contribution in [0, 0.1) is 10.1 Å². The number of aliphatic hydroxyl groups is 1. The minimum absolute atomic E-state index is 0.0178. The summed E-state index contributed by atoms with van der Waals surface area (Å²) in [5.74, 6) is 0.508. The summed E-state index contributed by atoms with van der Waals surface area (Å²) in [4.78, 5) is 12.3. The smallest absolute Gasteiger partial charge is 0.269 e. The first-order valence-electron chi connectivity index (χ1n) is 7.37. The maximum Gasteiger partial charge on any atom is 0.269 e. The van der Waals surface area contributed by atoms with Gasteiger partial charge in [-0.15, -0.1) is 0 Å². The quantitative estimate of drug-likeness (QED) is 0.632. The minimum atomic E-state index is -0.618. The van der Waals surface area contributed by atoms with E-state index in [9.17, 15) is 15.2 Å². The molecule has 3 atom stereocenters. The summed E-state index contributed by atoms with van der Waals surface area (Å²) in [7, 11) is 0. The highest BCUT2D eigenvalue weighted by Crippen LogP contribution is 2.17. The van der Waals surface area contributed by atoms with Crippen molar-refractivity contribution in [2.45, 2.75) is 32.2 Å². The van der Waals surface area contributed by atoms with Crippen LogP contribution in [0.25, 0.3) is 0 Å². The van der Waals surface area contributed by atoms with Crippen molar-refractivity contribution < 1.29 is 19.5 Å².